The van der Waals surface area contributed by atoms with E-state index >= 15 is 0 Å². The van der Waals surface area contributed by atoms with Crippen molar-refractivity contribution in [3.8, 4) is 0 Å². The molecule has 106 valence electrons. The fourth-order valence-corrected chi connectivity index (χ4v) is 1.57. The highest BCUT2D eigenvalue weighted by atomic mass is 16.6. The van der Waals surface area contributed by atoms with Crippen molar-refractivity contribution in [1.82, 2.24) is 0 Å². The second-order valence-corrected chi connectivity index (χ2v) is 4.42. The Balaban J connectivity index is 2.89. The molecule has 0 amide bonds. The van der Waals surface area contributed by atoms with Gasteiger partial charge in [0.15, 0.2) is 0 Å². The summed E-state index contributed by atoms with van der Waals surface area (Å²) >= 11 is 0. The minimum atomic E-state index is -1.12. The summed E-state index contributed by atoms with van der Waals surface area (Å²) in [4.78, 5) is 33.9. The molecule has 1 aromatic carbocycles. The highest BCUT2D eigenvalue weighted by molar-refractivity contribution is 6.34. The van der Waals surface area contributed by atoms with Gasteiger partial charge in [0.05, 0.1) is 0 Å². The first kappa shape index (κ1) is 15.8. The Hall–Kier alpha value is -2.23. The predicted molar refractivity (Wildman–Crippen MR) is 75.7 cm³/mol. The number of Topliss-reactive ketones (excluding diaryl/α,β-unsaturated/α-hetero) is 1. The van der Waals surface area contributed by atoms with Gasteiger partial charge in [0.1, 0.15) is 0 Å². The van der Waals surface area contributed by atoms with Gasteiger partial charge in [-0.15, -0.1) is 0 Å². The third-order valence-corrected chi connectivity index (χ3v) is 2.68. The number of hydrogen-bond acceptors (Lipinski definition) is 4. The summed E-state index contributed by atoms with van der Waals surface area (Å²) in [5.74, 6) is -2.65. The van der Waals surface area contributed by atoms with Gasteiger partial charge in [-0.25, -0.2) is 9.59 Å². The molecule has 0 saturated carbocycles. The molecule has 4 heteroatoms. The first-order valence-electron chi connectivity index (χ1n) is 6.57. The number of ketones is 1. The number of carbonyl (C=O) groups excluding carboxylic acids is 3. The topological polar surface area (TPSA) is 60.4 Å². The molecule has 20 heavy (non-hydrogen) atoms. The van der Waals surface area contributed by atoms with Crippen molar-refractivity contribution in [2.75, 3.05) is 0 Å². The van der Waals surface area contributed by atoms with E-state index in [1.807, 2.05) is 37.3 Å². The molecular weight excluding hydrogens is 256 g/mol. The third kappa shape index (κ3) is 5.18. The Morgan fingerprint density at radius 3 is 2.30 bits per heavy atom. The Morgan fingerprint density at radius 2 is 1.75 bits per heavy atom. The fourth-order valence-electron chi connectivity index (χ4n) is 1.57. The van der Waals surface area contributed by atoms with Crippen LogP contribution < -0.4 is 0 Å². The quantitative estimate of drug-likeness (QED) is 0.346. The van der Waals surface area contributed by atoms with Gasteiger partial charge < -0.3 is 4.74 Å². The number of ether oxygens (including phenoxy) is 1. The normalized spacial score (nSPS) is 11.0. The fraction of sp³-hybridized carbons (Fsp3) is 0.312. The van der Waals surface area contributed by atoms with Gasteiger partial charge in [-0.2, -0.15) is 0 Å². The molecule has 0 aliphatic rings. The van der Waals surface area contributed by atoms with Crippen LogP contribution in [0.3, 0.4) is 0 Å². The maximum atomic E-state index is 11.9. The van der Waals surface area contributed by atoms with Crippen LogP contribution in [-0.4, -0.2) is 17.7 Å². The molecule has 4 nitrogen and oxygen atoms in total. The Bertz CT molecular complexity index is 515. The molecule has 0 fully saturated rings. The molecule has 0 unspecified atom stereocenters. The van der Waals surface area contributed by atoms with E-state index in [9.17, 15) is 14.4 Å². The van der Waals surface area contributed by atoms with Crippen LogP contribution in [0.1, 0.15) is 38.7 Å². The minimum absolute atomic E-state index is 0.396. The molecule has 0 heterocycles. The number of esters is 2. The lowest BCUT2D eigenvalue weighted by Gasteiger charge is -2.06. The average Bonchev–Trinajstić information content (AvgIpc) is 2.44. The number of hydrogen-bond donors (Lipinski definition) is 0. The number of unbranched alkanes of at least 4 members (excludes halogenated alkanes) is 1. The van der Waals surface area contributed by atoms with Gasteiger partial charge >= 0.3 is 11.9 Å². The van der Waals surface area contributed by atoms with Crippen LogP contribution in [0.5, 0.6) is 0 Å². The van der Waals surface area contributed by atoms with Crippen molar-refractivity contribution < 1.29 is 19.1 Å². The van der Waals surface area contributed by atoms with Crippen molar-refractivity contribution in [3.05, 3.63) is 41.5 Å². The molecule has 1 rings (SSSR count). The van der Waals surface area contributed by atoms with Crippen LogP contribution >= 0.6 is 0 Å². The summed E-state index contributed by atoms with van der Waals surface area (Å²) in [7, 11) is 0. The van der Waals surface area contributed by atoms with E-state index in [-0.39, 0.29) is 0 Å². The largest absolute Gasteiger partial charge is 0.384 e. The van der Waals surface area contributed by atoms with Crippen LogP contribution in [0, 0.1) is 0 Å². The SMILES string of the molecule is CCCCC(=Cc1ccccc1)C(=O)OC(=O)C(C)=O. The van der Waals surface area contributed by atoms with E-state index in [2.05, 4.69) is 4.74 Å². The molecule has 0 aliphatic carbocycles. The van der Waals surface area contributed by atoms with Gasteiger partial charge in [0.2, 0.25) is 5.78 Å². The van der Waals surface area contributed by atoms with Crippen LogP contribution in [0.4, 0.5) is 0 Å². The molecule has 0 saturated heterocycles. The highest BCUT2D eigenvalue weighted by Crippen LogP contribution is 2.14. The average molecular weight is 274 g/mol. The van der Waals surface area contributed by atoms with E-state index in [4.69, 9.17) is 0 Å². The number of rotatable bonds is 6. The Morgan fingerprint density at radius 1 is 1.10 bits per heavy atom. The molecular formula is C16H18O4. The van der Waals surface area contributed by atoms with Crippen LogP contribution in [0.15, 0.2) is 35.9 Å². The molecule has 0 bridgehead atoms. The zero-order valence-corrected chi connectivity index (χ0v) is 11.7. The minimum Gasteiger partial charge on any atom is -0.384 e. The van der Waals surface area contributed by atoms with Crippen molar-refractivity contribution in [2.45, 2.75) is 33.1 Å². The lowest BCUT2D eigenvalue weighted by Crippen LogP contribution is -2.20. The van der Waals surface area contributed by atoms with Crippen molar-refractivity contribution >= 4 is 23.8 Å². The Kier molecular flexibility index (Phi) is 6.37. The standard InChI is InChI=1S/C16H18O4/c1-3-4-10-14(11-13-8-6-5-7-9-13)16(19)20-15(18)12(2)17/h5-9,11H,3-4,10H2,1-2H3. The molecule has 0 radical (unpaired) electrons. The second kappa shape index (κ2) is 8.04. The molecule has 1 aromatic rings. The monoisotopic (exact) mass is 274 g/mol. The Labute approximate surface area is 118 Å². The molecule has 0 N–H and O–H groups in total. The summed E-state index contributed by atoms with van der Waals surface area (Å²) < 4.78 is 4.55. The van der Waals surface area contributed by atoms with E-state index in [0.29, 0.717) is 12.0 Å². The first-order chi connectivity index (χ1) is 9.54. The number of benzene rings is 1. The molecule has 0 aliphatic heterocycles. The predicted octanol–water partition coefficient (Wildman–Crippen LogP) is 2.92. The maximum absolute atomic E-state index is 11.9. The smallest absolute Gasteiger partial charge is 0.382 e. The van der Waals surface area contributed by atoms with Crippen molar-refractivity contribution in [3.63, 3.8) is 0 Å². The number of carbonyl (C=O) groups is 3. The summed E-state index contributed by atoms with van der Waals surface area (Å²) in [5.41, 5.74) is 1.25. The molecule has 0 spiro atoms. The van der Waals surface area contributed by atoms with Gasteiger partial charge in [-0.1, -0.05) is 43.7 Å². The van der Waals surface area contributed by atoms with E-state index in [1.54, 1.807) is 6.08 Å². The van der Waals surface area contributed by atoms with Crippen molar-refractivity contribution in [2.24, 2.45) is 0 Å². The zero-order valence-electron chi connectivity index (χ0n) is 11.7. The van der Waals surface area contributed by atoms with E-state index in [1.165, 1.54) is 0 Å². The van der Waals surface area contributed by atoms with Gasteiger partial charge in [0, 0.05) is 12.5 Å². The molecule has 0 atom stereocenters. The molecule has 0 aromatic heterocycles. The van der Waals surface area contributed by atoms with E-state index < -0.39 is 17.7 Å². The maximum Gasteiger partial charge on any atom is 0.382 e. The second-order valence-electron chi connectivity index (χ2n) is 4.42. The van der Waals surface area contributed by atoms with Gasteiger partial charge in [-0.05, 0) is 24.5 Å². The zero-order chi connectivity index (χ0) is 15.0. The highest BCUT2D eigenvalue weighted by Gasteiger charge is 2.18. The van der Waals surface area contributed by atoms with Gasteiger partial charge in [-0.3, -0.25) is 4.79 Å². The summed E-state index contributed by atoms with van der Waals surface area (Å²) in [5, 5.41) is 0. The first-order valence-corrected chi connectivity index (χ1v) is 6.57. The van der Waals surface area contributed by atoms with Crippen LogP contribution in [-0.2, 0) is 19.1 Å². The summed E-state index contributed by atoms with van der Waals surface area (Å²) in [6.45, 7) is 3.08. The van der Waals surface area contributed by atoms with Gasteiger partial charge in [0.25, 0.3) is 0 Å². The van der Waals surface area contributed by atoms with E-state index in [0.717, 1.165) is 25.3 Å². The van der Waals surface area contributed by atoms with Crippen LogP contribution in [0.2, 0.25) is 0 Å². The third-order valence-electron chi connectivity index (χ3n) is 2.68. The van der Waals surface area contributed by atoms with Crippen LogP contribution in [0.25, 0.3) is 6.08 Å². The summed E-state index contributed by atoms with van der Waals surface area (Å²) in [6, 6.07) is 9.29. The lowest BCUT2D eigenvalue weighted by molar-refractivity contribution is -0.161. The lowest BCUT2D eigenvalue weighted by atomic mass is 10.1. The summed E-state index contributed by atoms with van der Waals surface area (Å²) in [6.07, 6.45) is 3.92. The van der Waals surface area contributed by atoms with Crippen molar-refractivity contribution in [1.29, 1.82) is 0 Å².